The zero-order chi connectivity index (χ0) is 22.2. The number of benzene rings is 1. The summed E-state index contributed by atoms with van der Waals surface area (Å²) in [5, 5.41) is 43.8. The van der Waals surface area contributed by atoms with Gasteiger partial charge in [-0.25, -0.2) is 14.1 Å². The summed E-state index contributed by atoms with van der Waals surface area (Å²) in [6.45, 7) is 4.40. The summed E-state index contributed by atoms with van der Waals surface area (Å²) >= 11 is 0. The molecular formula is C18H28N2O8. The quantitative estimate of drug-likeness (QED) is 0.442. The SMILES string of the molecule is CC[N@@+](C)(C(=O)[O-])c1cccc(C(C)N(C)C)c1.O=C(O)C(O)C(O)C(=O)O. The van der Waals surface area contributed by atoms with Crippen molar-refractivity contribution >= 4 is 23.7 Å². The van der Waals surface area contributed by atoms with Gasteiger partial charge in [-0.1, -0.05) is 12.1 Å². The maximum absolute atomic E-state index is 11.3. The van der Waals surface area contributed by atoms with Gasteiger partial charge in [0.25, 0.3) is 6.09 Å². The van der Waals surface area contributed by atoms with Crippen molar-refractivity contribution in [2.75, 3.05) is 27.7 Å². The number of hydrogen-bond acceptors (Lipinski definition) is 7. The van der Waals surface area contributed by atoms with Crippen molar-refractivity contribution in [2.45, 2.75) is 32.1 Å². The van der Waals surface area contributed by atoms with Crippen LogP contribution in [-0.2, 0) is 9.59 Å². The van der Waals surface area contributed by atoms with Crippen LogP contribution in [0.25, 0.3) is 0 Å². The normalized spacial score (nSPS) is 16.1. The van der Waals surface area contributed by atoms with Crippen molar-refractivity contribution in [2.24, 2.45) is 0 Å². The molecule has 0 aliphatic rings. The first-order valence-corrected chi connectivity index (χ1v) is 8.45. The van der Waals surface area contributed by atoms with Crippen LogP contribution < -0.4 is 9.59 Å². The van der Waals surface area contributed by atoms with Gasteiger partial charge in [0.15, 0.2) is 12.2 Å². The first kappa shape index (κ1) is 25.5. The third-order valence-electron chi connectivity index (χ3n) is 4.54. The van der Waals surface area contributed by atoms with Gasteiger partial charge in [-0.15, -0.1) is 0 Å². The molecule has 0 heterocycles. The Hall–Kier alpha value is -2.53. The molecular weight excluding hydrogens is 372 g/mol. The lowest BCUT2D eigenvalue weighted by Crippen LogP contribution is -2.57. The standard InChI is InChI=1S/C14H22N2O2.C4H6O6/c1-6-16(5,14(17)18)13-9-7-8-12(10-13)11(2)15(3)4;5-1(3(7)8)2(6)4(9)10/h7-11H,6H2,1-5H3;1-2,5-6H,(H,7,8)(H,9,10)/t11?,16-;/m1./s1. The van der Waals surface area contributed by atoms with Gasteiger partial charge in [-0.05, 0) is 39.6 Å². The maximum Gasteiger partial charge on any atom is 0.335 e. The molecule has 0 saturated carbocycles. The zero-order valence-electron chi connectivity index (χ0n) is 16.6. The molecule has 3 unspecified atom stereocenters. The molecule has 0 saturated heterocycles. The van der Waals surface area contributed by atoms with E-state index in [4.69, 9.17) is 20.4 Å². The van der Waals surface area contributed by atoms with Crippen molar-refractivity contribution in [3.63, 3.8) is 0 Å². The van der Waals surface area contributed by atoms with Gasteiger partial charge in [0.2, 0.25) is 0 Å². The predicted octanol–water partition coefficient (Wildman–Crippen LogP) is -0.513. The summed E-state index contributed by atoms with van der Waals surface area (Å²) in [5.74, 6) is -3.54. The molecule has 0 bridgehead atoms. The molecule has 1 aromatic carbocycles. The highest BCUT2D eigenvalue weighted by Gasteiger charge is 2.29. The van der Waals surface area contributed by atoms with E-state index in [1.807, 2.05) is 45.3 Å². The zero-order valence-corrected chi connectivity index (χ0v) is 16.6. The molecule has 0 aromatic heterocycles. The van der Waals surface area contributed by atoms with Gasteiger partial charge < -0.3 is 35.2 Å². The minimum absolute atomic E-state index is 0.200. The summed E-state index contributed by atoms with van der Waals surface area (Å²) in [6.07, 6.45) is -5.61. The second kappa shape index (κ2) is 10.7. The average Bonchev–Trinajstić information content (AvgIpc) is 2.65. The number of aliphatic carboxylic acids is 2. The maximum atomic E-state index is 11.3. The van der Waals surface area contributed by atoms with Crippen molar-refractivity contribution in [3.05, 3.63) is 29.8 Å². The van der Waals surface area contributed by atoms with Gasteiger partial charge in [-0.2, -0.15) is 0 Å². The lowest BCUT2D eigenvalue weighted by Gasteiger charge is -2.32. The Labute approximate surface area is 163 Å². The van der Waals surface area contributed by atoms with E-state index in [0.29, 0.717) is 6.54 Å². The molecule has 0 aliphatic carbocycles. The molecule has 4 atom stereocenters. The van der Waals surface area contributed by atoms with Gasteiger partial charge in [-0.3, -0.25) is 0 Å². The number of amides is 1. The van der Waals surface area contributed by atoms with Crippen LogP contribution in [0.2, 0.25) is 0 Å². The summed E-state index contributed by atoms with van der Waals surface area (Å²) in [4.78, 5) is 33.0. The molecule has 0 spiro atoms. The van der Waals surface area contributed by atoms with Crippen LogP contribution in [-0.4, -0.2) is 83.3 Å². The van der Waals surface area contributed by atoms with Gasteiger partial charge >= 0.3 is 11.9 Å². The molecule has 158 valence electrons. The van der Waals surface area contributed by atoms with E-state index < -0.39 is 30.2 Å². The first-order chi connectivity index (χ1) is 12.8. The highest BCUT2D eigenvalue weighted by molar-refractivity contribution is 5.83. The minimum atomic E-state index is -2.27. The number of carboxylic acid groups (broad SMARTS) is 3. The van der Waals surface area contributed by atoms with E-state index in [2.05, 4.69) is 11.8 Å². The Bertz CT molecular complexity index is 676. The Morgan fingerprint density at radius 1 is 1.11 bits per heavy atom. The number of quaternary nitrogens is 1. The third kappa shape index (κ3) is 6.57. The number of carbonyl (C=O) groups excluding carboxylic acids is 1. The van der Waals surface area contributed by atoms with Gasteiger partial charge in [0.1, 0.15) is 5.69 Å². The number of aliphatic hydroxyl groups excluding tert-OH is 2. The Balaban J connectivity index is 0.000000621. The molecule has 1 aromatic rings. The van der Waals surface area contributed by atoms with Crippen molar-refractivity contribution in [1.82, 2.24) is 9.38 Å². The fourth-order valence-electron chi connectivity index (χ4n) is 2.08. The van der Waals surface area contributed by atoms with Crippen LogP contribution in [0.4, 0.5) is 10.5 Å². The minimum Gasteiger partial charge on any atom is -0.498 e. The Kier molecular flexibility index (Phi) is 9.75. The van der Waals surface area contributed by atoms with Crippen LogP contribution in [0.5, 0.6) is 0 Å². The van der Waals surface area contributed by atoms with Gasteiger partial charge in [0, 0.05) is 12.1 Å². The average molecular weight is 400 g/mol. The fourth-order valence-corrected chi connectivity index (χ4v) is 2.08. The van der Waals surface area contributed by atoms with Crippen LogP contribution in [0, 0.1) is 0 Å². The highest BCUT2D eigenvalue weighted by Crippen LogP contribution is 2.26. The molecule has 28 heavy (non-hydrogen) atoms. The lowest BCUT2D eigenvalue weighted by atomic mass is 10.1. The predicted molar refractivity (Wildman–Crippen MR) is 99.5 cm³/mol. The summed E-state index contributed by atoms with van der Waals surface area (Å²) in [6, 6.07) is 7.95. The van der Waals surface area contributed by atoms with E-state index in [-0.39, 0.29) is 10.5 Å². The summed E-state index contributed by atoms with van der Waals surface area (Å²) in [7, 11) is 5.67. The monoisotopic (exact) mass is 400 g/mol. The van der Waals surface area contributed by atoms with Crippen LogP contribution in [0.3, 0.4) is 0 Å². The van der Waals surface area contributed by atoms with E-state index in [9.17, 15) is 19.5 Å². The number of nitrogens with zero attached hydrogens (tertiary/aromatic N) is 2. The Morgan fingerprint density at radius 3 is 1.89 bits per heavy atom. The van der Waals surface area contributed by atoms with E-state index in [0.717, 1.165) is 11.3 Å². The molecule has 10 heteroatoms. The number of aliphatic hydroxyl groups is 2. The summed E-state index contributed by atoms with van der Waals surface area (Å²) < 4.78 is -0.200. The van der Waals surface area contributed by atoms with Gasteiger partial charge in [0.05, 0.1) is 13.6 Å². The molecule has 4 N–H and O–H groups in total. The Morgan fingerprint density at radius 2 is 1.57 bits per heavy atom. The second-order valence-corrected chi connectivity index (χ2v) is 6.57. The molecule has 0 radical (unpaired) electrons. The summed E-state index contributed by atoms with van der Waals surface area (Å²) in [5.41, 5.74) is 1.86. The smallest absolute Gasteiger partial charge is 0.335 e. The van der Waals surface area contributed by atoms with Crippen LogP contribution in [0.1, 0.15) is 25.5 Å². The topological polar surface area (TPSA) is 158 Å². The van der Waals surface area contributed by atoms with Crippen molar-refractivity contribution in [3.8, 4) is 0 Å². The van der Waals surface area contributed by atoms with Crippen molar-refractivity contribution < 1.29 is 39.9 Å². The number of hydrogen-bond donors (Lipinski definition) is 4. The molecule has 10 nitrogen and oxygen atoms in total. The largest absolute Gasteiger partial charge is 0.498 e. The second-order valence-electron chi connectivity index (χ2n) is 6.57. The fraction of sp³-hybridized carbons (Fsp3) is 0.500. The number of rotatable bonds is 7. The molecule has 1 rings (SSSR count). The van der Waals surface area contributed by atoms with Crippen LogP contribution in [0.15, 0.2) is 24.3 Å². The number of carboxylic acids is 2. The number of carbonyl (C=O) groups is 3. The molecule has 0 aliphatic heterocycles. The lowest BCUT2D eigenvalue weighted by molar-refractivity contribution is -0.262. The van der Waals surface area contributed by atoms with Crippen molar-refractivity contribution in [1.29, 1.82) is 0 Å². The van der Waals surface area contributed by atoms with E-state index in [1.165, 1.54) is 0 Å². The first-order valence-electron chi connectivity index (χ1n) is 8.45. The van der Waals surface area contributed by atoms with Crippen LogP contribution >= 0.6 is 0 Å². The molecule has 1 amide bonds. The highest BCUT2D eigenvalue weighted by atomic mass is 16.4. The van der Waals surface area contributed by atoms with E-state index in [1.54, 1.807) is 7.05 Å². The third-order valence-corrected chi connectivity index (χ3v) is 4.54. The molecule has 0 fully saturated rings. The van der Waals surface area contributed by atoms with E-state index >= 15 is 0 Å².